The minimum Gasteiger partial charge on any atom is -0.322 e. The van der Waals surface area contributed by atoms with E-state index in [-0.39, 0.29) is 20.6 Å². The van der Waals surface area contributed by atoms with Gasteiger partial charge in [-0.1, -0.05) is 36.2 Å². The second-order valence-corrected chi connectivity index (χ2v) is 9.02. The zero-order chi connectivity index (χ0) is 20.3. The first kappa shape index (κ1) is 21.0. The van der Waals surface area contributed by atoms with Gasteiger partial charge in [0.15, 0.2) is 0 Å². The Hall–Kier alpha value is -1.71. The number of pyridine rings is 1. The number of benzene rings is 1. The van der Waals surface area contributed by atoms with Gasteiger partial charge in [-0.15, -0.1) is 0 Å². The average molecular weight is 443 g/mol. The standard InChI is InChI=1S/C18H20Cl2N4O3S/c1-2-23-6-8-24(9-7-23)28(26,27)15-5-3-4-14(11-15)22-18(25)13-10-16(19)17(20)21-12-13/h3-5,10-12H,2,6-9H2,1H3,(H,22,25). The molecule has 1 N–H and O–H groups in total. The zero-order valence-electron chi connectivity index (χ0n) is 15.2. The van der Waals surface area contributed by atoms with Crippen LogP contribution in [0.5, 0.6) is 0 Å². The molecular formula is C18H20Cl2N4O3S. The van der Waals surface area contributed by atoms with Crippen LogP contribution in [0.4, 0.5) is 5.69 Å². The Bertz CT molecular complexity index is 977. The van der Waals surface area contributed by atoms with Crippen molar-refractivity contribution in [2.75, 3.05) is 38.0 Å². The summed E-state index contributed by atoms with van der Waals surface area (Å²) in [6, 6.07) is 7.59. The molecule has 1 amide bonds. The van der Waals surface area contributed by atoms with Crippen molar-refractivity contribution in [3.63, 3.8) is 0 Å². The lowest BCUT2D eigenvalue weighted by Gasteiger charge is -2.33. The molecule has 2 heterocycles. The normalized spacial score (nSPS) is 16.1. The fraction of sp³-hybridized carbons (Fsp3) is 0.333. The molecule has 7 nitrogen and oxygen atoms in total. The van der Waals surface area contributed by atoms with Crippen LogP contribution in [0.25, 0.3) is 0 Å². The van der Waals surface area contributed by atoms with Crippen LogP contribution in [0.3, 0.4) is 0 Å². The fourth-order valence-corrected chi connectivity index (χ4v) is 4.66. The molecule has 0 aliphatic carbocycles. The molecule has 1 saturated heterocycles. The smallest absolute Gasteiger partial charge is 0.257 e. The maximum atomic E-state index is 12.9. The first-order valence-electron chi connectivity index (χ1n) is 8.76. The first-order chi connectivity index (χ1) is 13.3. The average Bonchev–Trinajstić information content (AvgIpc) is 2.70. The molecule has 1 aromatic heterocycles. The number of carbonyl (C=O) groups excluding carboxylic acids is 1. The highest BCUT2D eigenvalue weighted by Gasteiger charge is 2.28. The summed E-state index contributed by atoms with van der Waals surface area (Å²) in [5.41, 5.74) is 0.586. The molecule has 0 radical (unpaired) electrons. The third-order valence-electron chi connectivity index (χ3n) is 4.57. The van der Waals surface area contributed by atoms with Crippen molar-refractivity contribution in [3.8, 4) is 0 Å². The highest BCUT2D eigenvalue weighted by atomic mass is 35.5. The third-order valence-corrected chi connectivity index (χ3v) is 7.15. The van der Waals surface area contributed by atoms with Crippen LogP contribution in [0.2, 0.25) is 10.2 Å². The molecule has 1 aliphatic rings. The summed E-state index contributed by atoms with van der Waals surface area (Å²) in [6.07, 6.45) is 1.30. The van der Waals surface area contributed by atoms with Crippen LogP contribution in [-0.2, 0) is 10.0 Å². The van der Waals surface area contributed by atoms with E-state index in [0.29, 0.717) is 31.9 Å². The van der Waals surface area contributed by atoms with E-state index in [9.17, 15) is 13.2 Å². The summed E-state index contributed by atoms with van der Waals surface area (Å²) in [7, 11) is -3.62. The highest BCUT2D eigenvalue weighted by Crippen LogP contribution is 2.23. The number of rotatable bonds is 5. The van der Waals surface area contributed by atoms with Gasteiger partial charge in [-0.3, -0.25) is 4.79 Å². The Labute approximate surface area is 174 Å². The quantitative estimate of drug-likeness (QED) is 0.719. The minimum atomic E-state index is -3.62. The van der Waals surface area contributed by atoms with Gasteiger partial charge in [0, 0.05) is 38.1 Å². The number of likely N-dealkylation sites (N-methyl/N-ethyl adjacent to an activating group) is 1. The zero-order valence-corrected chi connectivity index (χ0v) is 17.6. The number of nitrogens with zero attached hydrogens (tertiary/aromatic N) is 3. The van der Waals surface area contributed by atoms with Gasteiger partial charge in [-0.25, -0.2) is 13.4 Å². The lowest BCUT2D eigenvalue weighted by Crippen LogP contribution is -2.48. The number of piperazine rings is 1. The predicted molar refractivity (Wildman–Crippen MR) is 110 cm³/mol. The van der Waals surface area contributed by atoms with Crippen LogP contribution in [-0.4, -0.2) is 61.2 Å². The summed E-state index contributed by atoms with van der Waals surface area (Å²) >= 11 is 11.6. The van der Waals surface area contributed by atoms with Crippen molar-refractivity contribution in [2.45, 2.75) is 11.8 Å². The monoisotopic (exact) mass is 442 g/mol. The minimum absolute atomic E-state index is 0.106. The third kappa shape index (κ3) is 4.64. The predicted octanol–water partition coefficient (Wildman–Crippen LogP) is 2.97. The molecule has 0 bridgehead atoms. The molecule has 0 saturated carbocycles. The van der Waals surface area contributed by atoms with Gasteiger partial charge < -0.3 is 10.2 Å². The van der Waals surface area contributed by atoms with E-state index < -0.39 is 15.9 Å². The van der Waals surface area contributed by atoms with E-state index in [0.717, 1.165) is 6.54 Å². The Morgan fingerprint density at radius 1 is 1.18 bits per heavy atom. The van der Waals surface area contributed by atoms with E-state index in [1.165, 1.54) is 28.7 Å². The molecule has 0 unspecified atom stereocenters. The molecule has 28 heavy (non-hydrogen) atoms. The number of anilines is 1. The number of amides is 1. The van der Waals surface area contributed by atoms with Crippen LogP contribution in [0, 0.1) is 0 Å². The van der Waals surface area contributed by atoms with Gasteiger partial charge in [0.1, 0.15) is 5.15 Å². The maximum absolute atomic E-state index is 12.9. The topological polar surface area (TPSA) is 82.6 Å². The molecule has 0 atom stereocenters. The number of nitrogens with one attached hydrogen (secondary N) is 1. The van der Waals surface area contributed by atoms with Crippen molar-refractivity contribution < 1.29 is 13.2 Å². The van der Waals surface area contributed by atoms with E-state index in [1.807, 2.05) is 0 Å². The van der Waals surface area contributed by atoms with E-state index in [1.54, 1.807) is 12.1 Å². The van der Waals surface area contributed by atoms with Crippen LogP contribution in [0.15, 0.2) is 41.4 Å². The molecule has 10 heteroatoms. The van der Waals surface area contributed by atoms with E-state index >= 15 is 0 Å². The lowest BCUT2D eigenvalue weighted by atomic mass is 10.2. The Morgan fingerprint density at radius 2 is 1.89 bits per heavy atom. The number of carbonyl (C=O) groups is 1. The maximum Gasteiger partial charge on any atom is 0.257 e. The molecule has 1 aromatic carbocycles. The number of hydrogen-bond donors (Lipinski definition) is 1. The number of sulfonamides is 1. The first-order valence-corrected chi connectivity index (χ1v) is 11.0. The van der Waals surface area contributed by atoms with E-state index in [4.69, 9.17) is 23.2 Å². The number of halogens is 2. The molecule has 1 aliphatic heterocycles. The summed E-state index contributed by atoms with van der Waals surface area (Å²) < 4.78 is 27.3. The Morgan fingerprint density at radius 3 is 2.54 bits per heavy atom. The fourth-order valence-electron chi connectivity index (χ4n) is 2.92. The van der Waals surface area contributed by atoms with Gasteiger partial charge in [-0.2, -0.15) is 4.31 Å². The van der Waals surface area contributed by atoms with Crippen molar-refractivity contribution in [3.05, 3.63) is 52.3 Å². The lowest BCUT2D eigenvalue weighted by molar-refractivity contribution is 0.102. The van der Waals surface area contributed by atoms with Crippen LogP contribution in [0.1, 0.15) is 17.3 Å². The summed E-state index contributed by atoms with van der Waals surface area (Å²) in [6.45, 7) is 5.26. The van der Waals surface area contributed by atoms with Crippen LogP contribution >= 0.6 is 23.2 Å². The molecule has 1 fully saturated rings. The molecule has 2 aromatic rings. The second kappa shape index (κ2) is 8.75. The highest BCUT2D eigenvalue weighted by molar-refractivity contribution is 7.89. The largest absolute Gasteiger partial charge is 0.322 e. The van der Waals surface area contributed by atoms with Gasteiger partial charge in [-0.05, 0) is 30.8 Å². The van der Waals surface area contributed by atoms with Gasteiger partial charge in [0.25, 0.3) is 5.91 Å². The van der Waals surface area contributed by atoms with Crippen molar-refractivity contribution in [1.29, 1.82) is 0 Å². The van der Waals surface area contributed by atoms with Gasteiger partial charge in [0.05, 0.1) is 15.5 Å². The Kier molecular flexibility index (Phi) is 6.57. The van der Waals surface area contributed by atoms with Crippen molar-refractivity contribution in [2.24, 2.45) is 0 Å². The number of hydrogen-bond acceptors (Lipinski definition) is 5. The van der Waals surface area contributed by atoms with Gasteiger partial charge in [0.2, 0.25) is 10.0 Å². The number of aromatic nitrogens is 1. The second-order valence-electron chi connectivity index (χ2n) is 6.32. The van der Waals surface area contributed by atoms with Crippen LogP contribution < -0.4 is 5.32 Å². The Balaban J connectivity index is 1.76. The summed E-state index contributed by atoms with van der Waals surface area (Å²) in [4.78, 5) is 18.6. The van der Waals surface area contributed by atoms with Crippen molar-refractivity contribution in [1.82, 2.24) is 14.2 Å². The molecular weight excluding hydrogens is 423 g/mol. The summed E-state index contributed by atoms with van der Waals surface area (Å²) in [5, 5.41) is 2.93. The molecule has 0 spiro atoms. The van der Waals surface area contributed by atoms with Gasteiger partial charge >= 0.3 is 0 Å². The SMILES string of the molecule is CCN1CCN(S(=O)(=O)c2cccc(NC(=O)c3cnc(Cl)c(Cl)c3)c2)CC1. The van der Waals surface area contributed by atoms with E-state index in [2.05, 4.69) is 22.1 Å². The molecule has 3 rings (SSSR count). The molecule has 150 valence electrons. The van der Waals surface area contributed by atoms with Crippen molar-refractivity contribution >= 4 is 44.8 Å². The summed E-state index contributed by atoms with van der Waals surface area (Å²) in [5.74, 6) is -0.461.